The van der Waals surface area contributed by atoms with Gasteiger partial charge in [-0.2, -0.15) is 0 Å². The van der Waals surface area contributed by atoms with Gasteiger partial charge in [0.05, 0.1) is 6.54 Å². The fraction of sp³-hybridized carbons (Fsp3) is 0.318. The van der Waals surface area contributed by atoms with E-state index in [1.54, 1.807) is 23.6 Å². The van der Waals surface area contributed by atoms with Crippen LogP contribution >= 0.6 is 0 Å². The van der Waals surface area contributed by atoms with Crippen LogP contribution in [0.15, 0.2) is 53.7 Å². The van der Waals surface area contributed by atoms with Crippen molar-refractivity contribution in [2.24, 2.45) is 0 Å². The van der Waals surface area contributed by atoms with Gasteiger partial charge in [0.2, 0.25) is 15.7 Å². The van der Waals surface area contributed by atoms with Crippen molar-refractivity contribution in [3.63, 3.8) is 0 Å². The Bertz CT molecular complexity index is 1200. The van der Waals surface area contributed by atoms with Gasteiger partial charge in [0.15, 0.2) is 0 Å². The van der Waals surface area contributed by atoms with Crippen molar-refractivity contribution in [2.75, 3.05) is 5.75 Å². The van der Waals surface area contributed by atoms with Crippen molar-refractivity contribution in [2.45, 2.75) is 43.9 Å². The fourth-order valence-corrected chi connectivity index (χ4v) is 4.56. The number of sulfone groups is 1. The molecule has 0 aliphatic heterocycles. The third kappa shape index (κ3) is 4.99. The highest BCUT2D eigenvalue weighted by Crippen LogP contribution is 2.39. The molecule has 0 unspecified atom stereocenters. The van der Waals surface area contributed by atoms with E-state index in [-0.39, 0.29) is 23.4 Å². The van der Waals surface area contributed by atoms with Crippen LogP contribution in [0.2, 0.25) is 0 Å². The lowest BCUT2D eigenvalue weighted by atomic mass is 10.1. The van der Waals surface area contributed by atoms with Gasteiger partial charge < -0.3 is 5.32 Å². The second kappa shape index (κ2) is 8.58. The van der Waals surface area contributed by atoms with Gasteiger partial charge in [-0.05, 0) is 42.5 Å². The minimum absolute atomic E-state index is 0.0373. The summed E-state index contributed by atoms with van der Waals surface area (Å²) in [5.74, 6) is -0.966. The smallest absolute Gasteiger partial charge is 0.250 e. The lowest BCUT2D eigenvalue weighted by molar-refractivity contribution is -0.118. The van der Waals surface area contributed by atoms with E-state index in [0.717, 1.165) is 18.4 Å². The molecule has 0 atom stereocenters. The minimum Gasteiger partial charge on any atom is -0.351 e. The summed E-state index contributed by atoms with van der Waals surface area (Å²) in [7, 11) is -4.01. The van der Waals surface area contributed by atoms with E-state index in [1.165, 1.54) is 6.07 Å². The van der Waals surface area contributed by atoms with Gasteiger partial charge in [-0.3, -0.25) is 9.36 Å². The molecule has 1 fully saturated rings. The van der Waals surface area contributed by atoms with Crippen LogP contribution < -0.4 is 5.32 Å². The summed E-state index contributed by atoms with van der Waals surface area (Å²) < 4.78 is 41.2. The number of rotatable bonds is 8. The Hall–Kier alpha value is -3.07. The van der Waals surface area contributed by atoms with E-state index in [9.17, 15) is 17.6 Å². The van der Waals surface area contributed by atoms with Crippen LogP contribution in [-0.4, -0.2) is 34.8 Å². The molecule has 1 heterocycles. The zero-order chi connectivity index (χ0) is 22.0. The molecular formula is C22H23FN4O3S. The average molecular weight is 443 g/mol. The molecule has 0 radical (unpaired) electrons. The van der Waals surface area contributed by atoms with Crippen molar-refractivity contribution in [3.05, 3.63) is 76.9 Å². The number of aromatic nitrogens is 3. The van der Waals surface area contributed by atoms with Gasteiger partial charge in [-0.1, -0.05) is 42.5 Å². The quantitative estimate of drug-likeness (QED) is 0.579. The second-order valence-electron chi connectivity index (χ2n) is 7.81. The molecule has 2 aromatic carbocycles. The summed E-state index contributed by atoms with van der Waals surface area (Å²) in [6, 6.07) is 14.1. The van der Waals surface area contributed by atoms with Crippen LogP contribution in [0.5, 0.6) is 0 Å². The molecular weight excluding hydrogens is 419 g/mol. The molecule has 1 N–H and O–H groups in total. The van der Waals surface area contributed by atoms with Crippen LogP contribution in [-0.2, 0) is 27.7 Å². The van der Waals surface area contributed by atoms with Crippen LogP contribution in [0.25, 0.3) is 0 Å². The van der Waals surface area contributed by atoms with Gasteiger partial charge in [-0.15, -0.1) is 10.2 Å². The summed E-state index contributed by atoms with van der Waals surface area (Å²) in [5.41, 5.74) is 1.98. The highest BCUT2D eigenvalue weighted by Gasteiger charge is 2.34. The number of carbonyl (C=O) groups excluding carboxylic acids is 1. The van der Waals surface area contributed by atoms with E-state index in [1.807, 2.05) is 30.3 Å². The maximum Gasteiger partial charge on any atom is 0.250 e. The first-order chi connectivity index (χ1) is 14.8. The summed E-state index contributed by atoms with van der Waals surface area (Å²) in [4.78, 5) is 12.3. The Morgan fingerprint density at radius 1 is 1.13 bits per heavy atom. The van der Waals surface area contributed by atoms with Crippen LogP contribution in [0.1, 0.15) is 41.3 Å². The van der Waals surface area contributed by atoms with Crippen LogP contribution in [0.4, 0.5) is 4.39 Å². The minimum atomic E-state index is -4.01. The molecule has 1 amide bonds. The molecule has 31 heavy (non-hydrogen) atoms. The SMILES string of the molecule is Cc1ccc(CNC(=O)CS(=O)(=O)c2nnc(C3CC3)n2Cc2ccccc2)cc1F. The molecule has 9 heteroatoms. The molecule has 1 aliphatic carbocycles. The van der Waals surface area contributed by atoms with Crippen molar-refractivity contribution < 1.29 is 17.6 Å². The monoisotopic (exact) mass is 442 g/mol. The van der Waals surface area contributed by atoms with Gasteiger partial charge in [-0.25, -0.2) is 12.8 Å². The molecule has 7 nitrogen and oxygen atoms in total. The van der Waals surface area contributed by atoms with E-state index in [2.05, 4.69) is 15.5 Å². The number of amides is 1. The summed E-state index contributed by atoms with van der Waals surface area (Å²) in [6.07, 6.45) is 1.89. The Balaban J connectivity index is 1.50. The third-order valence-electron chi connectivity index (χ3n) is 5.20. The molecule has 3 aromatic rings. The van der Waals surface area contributed by atoms with E-state index in [4.69, 9.17) is 0 Å². The third-order valence-corrected chi connectivity index (χ3v) is 6.70. The lowest BCUT2D eigenvalue weighted by Gasteiger charge is -2.11. The van der Waals surface area contributed by atoms with Crippen LogP contribution in [0, 0.1) is 12.7 Å². The molecule has 1 aromatic heterocycles. The number of hydrogen-bond acceptors (Lipinski definition) is 5. The predicted molar refractivity (Wildman–Crippen MR) is 113 cm³/mol. The maximum absolute atomic E-state index is 13.7. The molecule has 162 valence electrons. The van der Waals surface area contributed by atoms with Crippen molar-refractivity contribution in [1.82, 2.24) is 20.1 Å². The molecule has 1 saturated carbocycles. The number of benzene rings is 2. The van der Waals surface area contributed by atoms with Gasteiger partial charge in [0.1, 0.15) is 17.4 Å². The molecule has 0 bridgehead atoms. The molecule has 1 aliphatic rings. The van der Waals surface area contributed by atoms with Gasteiger partial charge >= 0.3 is 0 Å². The number of carbonyl (C=O) groups is 1. The molecule has 0 saturated heterocycles. The van der Waals surface area contributed by atoms with Crippen molar-refractivity contribution in [3.8, 4) is 0 Å². The van der Waals surface area contributed by atoms with E-state index >= 15 is 0 Å². The highest BCUT2D eigenvalue weighted by molar-refractivity contribution is 7.91. The first kappa shape index (κ1) is 21.2. The second-order valence-corrected chi connectivity index (χ2v) is 9.69. The first-order valence-electron chi connectivity index (χ1n) is 10.0. The van der Waals surface area contributed by atoms with Gasteiger partial charge in [0.25, 0.3) is 5.16 Å². The normalized spacial score (nSPS) is 13.9. The van der Waals surface area contributed by atoms with Crippen LogP contribution in [0.3, 0.4) is 0 Å². The molecule has 4 rings (SSSR count). The standard InChI is InChI=1S/C22H23FN4O3S/c1-15-7-8-17(11-19(15)23)12-24-20(28)14-31(29,30)22-26-25-21(18-9-10-18)27(22)13-16-5-3-2-4-6-16/h2-8,11,18H,9-10,12-14H2,1H3,(H,24,28). The number of aryl methyl sites for hydroxylation is 1. The zero-order valence-electron chi connectivity index (χ0n) is 17.1. The van der Waals surface area contributed by atoms with E-state index in [0.29, 0.717) is 23.5 Å². The number of hydrogen-bond donors (Lipinski definition) is 1. The summed E-state index contributed by atoms with van der Waals surface area (Å²) >= 11 is 0. The molecule has 0 spiro atoms. The first-order valence-corrected chi connectivity index (χ1v) is 11.7. The summed E-state index contributed by atoms with van der Waals surface area (Å²) in [6.45, 7) is 2.00. The van der Waals surface area contributed by atoms with Gasteiger partial charge in [0, 0.05) is 12.5 Å². The van der Waals surface area contributed by atoms with Crippen molar-refractivity contribution >= 4 is 15.7 Å². The van der Waals surface area contributed by atoms with Crippen molar-refractivity contribution in [1.29, 1.82) is 0 Å². The zero-order valence-corrected chi connectivity index (χ0v) is 17.9. The maximum atomic E-state index is 13.7. The average Bonchev–Trinajstić information content (AvgIpc) is 3.49. The Morgan fingerprint density at radius 3 is 2.55 bits per heavy atom. The number of halogens is 1. The number of nitrogens with zero attached hydrogens (tertiary/aromatic N) is 3. The number of nitrogens with one attached hydrogen (secondary N) is 1. The summed E-state index contributed by atoms with van der Waals surface area (Å²) in [5, 5.41) is 10.4. The largest absolute Gasteiger partial charge is 0.351 e. The van der Waals surface area contributed by atoms with E-state index < -0.39 is 21.5 Å². The topological polar surface area (TPSA) is 93.9 Å². The lowest BCUT2D eigenvalue weighted by Crippen LogP contribution is -2.31. The fourth-order valence-electron chi connectivity index (χ4n) is 3.32. The highest BCUT2D eigenvalue weighted by atomic mass is 32.2. The Labute approximate surface area is 180 Å². The Kier molecular flexibility index (Phi) is 5.86. The predicted octanol–water partition coefficient (Wildman–Crippen LogP) is 2.74. The Morgan fingerprint density at radius 2 is 1.87 bits per heavy atom.